The van der Waals surface area contributed by atoms with Crippen LogP contribution >= 0.6 is 0 Å². The standard InChI is InChI=1S/C14H16N2O.C9H13N3.2C2H6/c1-17-14-4-2-3-11-7-10(5-6-13(11)14)8-12(16)9-15;1-7-2-8(6-12-5-7)3-9(11)4-10;2*1-2/h2-7,9,12,15H,8,16H2,1H3;2,4-6,9-10H,3,11H2,1H3;2*1-2H3. The number of benzene rings is 2. The summed E-state index contributed by atoms with van der Waals surface area (Å²) in [6.07, 6.45) is 7.50. The minimum absolute atomic E-state index is 0.186. The molecule has 0 saturated carbocycles. The summed E-state index contributed by atoms with van der Waals surface area (Å²) >= 11 is 0. The highest BCUT2D eigenvalue weighted by atomic mass is 16.5. The quantitative estimate of drug-likeness (QED) is 0.363. The summed E-state index contributed by atoms with van der Waals surface area (Å²) in [6.45, 7) is 9.99. The van der Waals surface area contributed by atoms with Crippen LogP contribution in [0.5, 0.6) is 5.75 Å². The molecule has 6 N–H and O–H groups in total. The normalized spacial score (nSPS) is 11.3. The topological polar surface area (TPSA) is 122 Å². The zero-order chi connectivity index (χ0) is 25.2. The highest BCUT2D eigenvalue weighted by Crippen LogP contribution is 2.26. The molecule has 2 unspecified atom stereocenters. The summed E-state index contributed by atoms with van der Waals surface area (Å²) < 4.78 is 5.31. The number of ether oxygens (including phenoxy) is 1. The molecular weight excluding hydrogens is 410 g/mol. The van der Waals surface area contributed by atoms with Gasteiger partial charge in [-0.05, 0) is 47.9 Å². The van der Waals surface area contributed by atoms with E-state index in [1.165, 1.54) is 12.4 Å². The molecule has 0 aliphatic heterocycles. The Morgan fingerprint density at radius 2 is 1.48 bits per heavy atom. The van der Waals surface area contributed by atoms with Crippen LogP contribution in [0.3, 0.4) is 0 Å². The molecule has 0 spiro atoms. The Bertz CT molecular complexity index is 958. The van der Waals surface area contributed by atoms with Crippen LogP contribution in [0.2, 0.25) is 0 Å². The molecule has 0 aliphatic carbocycles. The smallest absolute Gasteiger partial charge is 0.126 e. The Hall–Kier alpha value is -3.09. The van der Waals surface area contributed by atoms with E-state index in [0.29, 0.717) is 12.8 Å². The van der Waals surface area contributed by atoms with Crippen molar-refractivity contribution in [3.8, 4) is 5.75 Å². The number of aryl methyl sites for hydroxylation is 1. The van der Waals surface area contributed by atoms with Gasteiger partial charge in [-0.25, -0.2) is 0 Å². The first-order valence-electron chi connectivity index (χ1n) is 11.4. The first kappa shape index (κ1) is 29.9. The second-order valence-electron chi connectivity index (χ2n) is 6.96. The zero-order valence-corrected chi connectivity index (χ0v) is 20.9. The molecule has 2 atom stereocenters. The number of nitrogens with zero attached hydrogens (tertiary/aromatic N) is 1. The predicted octanol–water partition coefficient (Wildman–Crippen LogP) is 5.33. The third kappa shape index (κ3) is 10.9. The molecule has 0 aliphatic rings. The molecule has 3 aromatic rings. The first-order valence-corrected chi connectivity index (χ1v) is 11.4. The summed E-state index contributed by atoms with van der Waals surface area (Å²) in [4.78, 5) is 4.04. The number of aromatic nitrogens is 1. The van der Waals surface area contributed by atoms with Crippen LogP contribution in [0.15, 0.2) is 54.9 Å². The van der Waals surface area contributed by atoms with Crippen molar-refractivity contribution >= 4 is 23.2 Å². The van der Waals surface area contributed by atoms with Crippen molar-refractivity contribution in [3.05, 3.63) is 71.5 Å². The fourth-order valence-electron chi connectivity index (χ4n) is 3.00. The lowest BCUT2D eigenvalue weighted by Gasteiger charge is -2.09. The molecule has 33 heavy (non-hydrogen) atoms. The second-order valence-corrected chi connectivity index (χ2v) is 6.96. The van der Waals surface area contributed by atoms with Crippen molar-refractivity contribution in [3.63, 3.8) is 0 Å². The van der Waals surface area contributed by atoms with Crippen molar-refractivity contribution in [2.45, 2.75) is 59.5 Å². The Morgan fingerprint density at radius 3 is 2.03 bits per heavy atom. The molecule has 1 aromatic heterocycles. The number of hydrogen-bond donors (Lipinski definition) is 4. The molecule has 6 heteroatoms. The number of hydrogen-bond acceptors (Lipinski definition) is 6. The van der Waals surface area contributed by atoms with E-state index >= 15 is 0 Å². The Labute approximate surface area is 199 Å². The van der Waals surface area contributed by atoms with Gasteiger partial charge in [-0.15, -0.1) is 0 Å². The monoisotopic (exact) mass is 451 g/mol. The van der Waals surface area contributed by atoms with Crippen LogP contribution in [0.1, 0.15) is 44.4 Å². The molecule has 2 aromatic carbocycles. The lowest BCUT2D eigenvalue weighted by atomic mass is 10.0. The fourth-order valence-corrected chi connectivity index (χ4v) is 3.00. The maximum atomic E-state index is 7.11. The third-order valence-corrected chi connectivity index (χ3v) is 4.43. The molecule has 0 amide bonds. The summed E-state index contributed by atoms with van der Waals surface area (Å²) in [6, 6.07) is 13.8. The number of fused-ring (bicyclic) bond motifs is 1. The van der Waals surface area contributed by atoms with E-state index < -0.39 is 0 Å². The van der Waals surface area contributed by atoms with E-state index in [9.17, 15) is 0 Å². The highest BCUT2D eigenvalue weighted by molar-refractivity contribution is 5.88. The summed E-state index contributed by atoms with van der Waals surface area (Å²) in [5.41, 5.74) is 14.7. The van der Waals surface area contributed by atoms with Gasteiger partial charge >= 0.3 is 0 Å². The summed E-state index contributed by atoms with van der Waals surface area (Å²) in [5, 5.41) is 16.3. The van der Waals surface area contributed by atoms with Gasteiger partial charge in [0.15, 0.2) is 0 Å². The zero-order valence-electron chi connectivity index (χ0n) is 20.9. The third-order valence-electron chi connectivity index (χ3n) is 4.43. The molecular formula is C27H41N5O. The van der Waals surface area contributed by atoms with Crippen molar-refractivity contribution in [2.75, 3.05) is 7.11 Å². The van der Waals surface area contributed by atoms with E-state index in [1.54, 1.807) is 19.5 Å². The summed E-state index contributed by atoms with van der Waals surface area (Å²) in [5.74, 6) is 0.880. The Balaban J connectivity index is 0.000000564. The van der Waals surface area contributed by atoms with Gasteiger partial charge in [0.1, 0.15) is 5.75 Å². The Kier molecular flexibility index (Phi) is 15.8. The lowest BCUT2D eigenvalue weighted by molar-refractivity contribution is 0.420. The largest absolute Gasteiger partial charge is 0.496 e. The predicted molar refractivity (Wildman–Crippen MR) is 143 cm³/mol. The number of rotatable bonds is 7. The van der Waals surface area contributed by atoms with Crippen molar-refractivity contribution < 1.29 is 4.74 Å². The van der Waals surface area contributed by atoms with E-state index in [-0.39, 0.29) is 12.1 Å². The molecule has 180 valence electrons. The highest BCUT2D eigenvalue weighted by Gasteiger charge is 2.04. The van der Waals surface area contributed by atoms with Crippen LogP contribution in [0, 0.1) is 17.7 Å². The second kappa shape index (κ2) is 17.5. The van der Waals surface area contributed by atoms with Crippen LogP contribution in [0.4, 0.5) is 0 Å². The van der Waals surface area contributed by atoms with Gasteiger partial charge < -0.3 is 27.0 Å². The fraction of sp³-hybridized carbons (Fsp3) is 0.370. The molecule has 0 bridgehead atoms. The molecule has 1 heterocycles. The number of nitrogens with two attached hydrogens (primary N) is 2. The molecule has 0 radical (unpaired) electrons. The molecule has 3 rings (SSSR count). The average molecular weight is 452 g/mol. The molecule has 6 nitrogen and oxygen atoms in total. The number of methoxy groups -OCH3 is 1. The van der Waals surface area contributed by atoms with Crippen molar-refractivity contribution in [1.29, 1.82) is 10.8 Å². The van der Waals surface area contributed by atoms with E-state index in [4.69, 9.17) is 27.0 Å². The number of pyridine rings is 1. The van der Waals surface area contributed by atoms with Crippen LogP contribution in [-0.2, 0) is 12.8 Å². The van der Waals surface area contributed by atoms with Gasteiger partial charge in [-0.2, -0.15) is 0 Å². The Morgan fingerprint density at radius 1 is 0.879 bits per heavy atom. The van der Waals surface area contributed by atoms with Gasteiger partial charge in [0.2, 0.25) is 0 Å². The maximum Gasteiger partial charge on any atom is 0.126 e. The summed E-state index contributed by atoms with van der Waals surface area (Å²) in [7, 11) is 1.67. The van der Waals surface area contributed by atoms with Crippen LogP contribution in [-0.4, -0.2) is 36.6 Å². The van der Waals surface area contributed by atoms with E-state index in [2.05, 4.69) is 17.1 Å². The SMILES string of the molecule is CC.CC.COc1cccc2cc(CC(N)C=N)ccc12.Cc1cncc(CC(N)C=N)c1. The van der Waals surface area contributed by atoms with Gasteiger partial charge in [0.25, 0.3) is 0 Å². The lowest BCUT2D eigenvalue weighted by Crippen LogP contribution is -2.23. The van der Waals surface area contributed by atoms with Gasteiger partial charge in [-0.3, -0.25) is 4.98 Å². The minimum atomic E-state index is -0.210. The maximum absolute atomic E-state index is 7.11. The van der Waals surface area contributed by atoms with Crippen molar-refractivity contribution in [1.82, 2.24) is 4.98 Å². The van der Waals surface area contributed by atoms with E-state index in [0.717, 1.165) is 33.2 Å². The van der Waals surface area contributed by atoms with E-state index in [1.807, 2.05) is 65.0 Å². The van der Waals surface area contributed by atoms with Crippen molar-refractivity contribution in [2.24, 2.45) is 11.5 Å². The van der Waals surface area contributed by atoms with Gasteiger partial charge in [0.05, 0.1) is 7.11 Å². The van der Waals surface area contributed by atoms with Crippen LogP contribution < -0.4 is 16.2 Å². The average Bonchev–Trinajstić information content (AvgIpc) is 2.86. The van der Waals surface area contributed by atoms with Gasteiger partial charge in [-0.1, -0.05) is 64.1 Å². The molecule has 0 fully saturated rings. The van der Waals surface area contributed by atoms with Crippen LogP contribution in [0.25, 0.3) is 10.8 Å². The molecule has 0 saturated heterocycles. The van der Waals surface area contributed by atoms with Gasteiger partial charge in [0, 0.05) is 42.3 Å². The first-order chi connectivity index (χ1) is 16.0. The number of nitrogens with one attached hydrogen (secondary N) is 2. The minimum Gasteiger partial charge on any atom is -0.496 e.